The van der Waals surface area contributed by atoms with E-state index in [1.807, 2.05) is 13.0 Å². The summed E-state index contributed by atoms with van der Waals surface area (Å²) in [5, 5.41) is 4.14. The van der Waals surface area contributed by atoms with Crippen molar-refractivity contribution >= 4 is 11.6 Å². The lowest BCUT2D eigenvalue weighted by atomic mass is 10.0. The summed E-state index contributed by atoms with van der Waals surface area (Å²) in [6, 6.07) is 15.3. The van der Waals surface area contributed by atoms with Crippen LogP contribution in [-0.4, -0.2) is 18.2 Å². The van der Waals surface area contributed by atoms with E-state index in [1.165, 1.54) is 6.07 Å². The van der Waals surface area contributed by atoms with Crippen molar-refractivity contribution in [1.82, 2.24) is 5.43 Å². The molecule has 0 aromatic heterocycles. The highest BCUT2D eigenvalue weighted by Crippen LogP contribution is 2.23. The number of hydrogen-bond acceptors (Lipinski definition) is 3. The molecule has 2 aromatic carbocycles. The zero-order valence-corrected chi connectivity index (χ0v) is 13.2. The van der Waals surface area contributed by atoms with Crippen LogP contribution in [0.4, 0.5) is 8.78 Å². The third kappa shape index (κ3) is 4.87. The lowest BCUT2D eigenvalue weighted by molar-refractivity contribution is -0.121. The van der Waals surface area contributed by atoms with Crippen LogP contribution in [0.5, 0.6) is 5.75 Å². The van der Waals surface area contributed by atoms with E-state index in [-0.39, 0.29) is 11.7 Å². The Morgan fingerprint density at radius 3 is 2.46 bits per heavy atom. The van der Waals surface area contributed by atoms with Gasteiger partial charge in [0.05, 0.1) is 0 Å². The first-order valence-corrected chi connectivity index (χ1v) is 7.58. The van der Waals surface area contributed by atoms with Gasteiger partial charge >= 0.3 is 6.61 Å². The SMILES string of the molecule is CCCC(=O)NN=C(c1ccccc1)c1ccccc1OC(F)F. The molecule has 0 unspecified atom stereocenters. The van der Waals surface area contributed by atoms with Crippen LogP contribution in [0.15, 0.2) is 59.7 Å². The lowest BCUT2D eigenvalue weighted by Gasteiger charge is -2.13. The molecule has 4 nitrogen and oxygen atoms in total. The molecule has 0 aliphatic heterocycles. The Kier molecular flexibility index (Phi) is 6.42. The van der Waals surface area contributed by atoms with Gasteiger partial charge in [-0.3, -0.25) is 4.79 Å². The number of ether oxygens (including phenoxy) is 1. The predicted molar refractivity (Wildman–Crippen MR) is 88.2 cm³/mol. The minimum absolute atomic E-state index is 0.000145. The van der Waals surface area contributed by atoms with E-state index < -0.39 is 6.61 Å². The molecule has 0 bridgehead atoms. The number of carbonyl (C=O) groups is 1. The van der Waals surface area contributed by atoms with E-state index in [2.05, 4.69) is 15.3 Å². The Hall–Kier alpha value is -2.76. The Balaban J connectivity index is 2.43. The maximum atomic E-state index is 12.6. The number of benzene rings is 2. The molecule has 1 N–H and O–H groups in total. The van der Waals surface area contributed by atoms with Gasteiger partial charge in [0.25, 0.3) is 0 Å². The molecule has 0 heterocycles. The number of rotatable bonds is 7. The quantitative estimate of drug-likeness (QED) is 0.616. The summed E-state index contributed by atoms with van der Waals surface area (Å²) in [4.78, 5) is 11.7. The van der Waals surface area contributed by atoms with Crippen LogP contribution >= 0.6 is 0 Å². The van der Waals surface area contributed by atoms with Crippen molar-refractivity contribution in [3.8, 4) is 5.75 Å². The molecular weight excluding hydrogens is 314 g/mol. The first-order valence-electron chi connectivity index (χ1n) is 7.58. The second-order valence-corrected chi connectivity index (χ2v) is 4.99. The Morgan fingerprint density at radius 2 is 1.79 bits per heavy atom. The summed E-state index contributed by atoms with van der Waals surface area (Å²) in [7, 11) is 0. The standard InChI is InChI=1S/C18H18F2N2O2/c1-2-8-16(23)21-22-17(13-9-4-3-5-10-13)14-11-6-7-12-15(14)24-18(19)20/h3-7,9-12,18H,2,8H2,1H3,(H,21,23). The highest BCUT2D eigenvalue weighted by atomic mass is 19.3. The van der Waals surface area contributed by atoms with Crippen LogP contribution in [0.25, 0.3) is 0 Å². The minimum atomic E-state index is -2.95. The smallest absolute Gasteiger partial charge is 0.387 e. The molecule has 2 rings (SSSR count). The maximum Gasteiger partial charge on any atom is 0.387 e. The van der Waals surface area contributed by atoms with Crippen molar-refractivity contribution in [3.05, 3.63) is 65.7 Å². The number of nitrogens with one attached hydrogen (secondary N) is 1. The van der Waals surface area contributed by atoms with E-state index >= 15 is 0 Å². The van der Waals surface area contributed by atoms with E-state index in [0.717, 1.165) is 0 Å². The predicted octanol–water partition coefficient (Wildman–Crippen LogP) is 3.96. The van der Waals surface area contributed by atoms with E-state index in [9.17, 15) is 13.6 Å². The number of hydrazone groups is 1. The van der Waals surface area contributed by atoms with Gasteiger partial charge in [-0.25, -0.2) is 5.43 Å². The first-order chi connectivity index (χ1) is 11.6. The molecule has 0 aliphatic rings. The molecule has 0 fully saturated rings. The Bertz CT molecular complexity index is 703. The fourth-order valence-electron chi connectivity index (χ4n) is 2.14. The van der Waals surface area contributed by atoms with Gasteiger partial charge in [-0.1, -0.05) is 49.4 Å². The molecule has 1 amide bonds. The second-order valence-electron chi connectivity index (χ2n) is 4.99. The fourth-order valence-corrected chi connectivity index (χ4v) is 2.14. The van der Waals surface area contributed by atoms with Gasteiger partial charge in [-0.05, 0) is 18.6 Å². The number of para-hydroxylation sites is 1. The number of hydrogen-bond donors (Lipinski definition) is 1. The van der Waals surface area contributed by atoms with Crippen molar-refractivity contribution in [2.24, 2.45) is 5.10 Å². The molecule has 0 aliphatic carbocycles. The molecule has 0 saturated heterocycles. The molecule has 6 heteroatoms. The van der Waals surface area contributed by atoms with Gasteiger partial charge in [-0.2, -0.15) is 13.9 Å². The normalized spacial score (nSPS) is 11.4. The van der Waals surface area contributed by atoms with Crippen LogP contribution in [-0.2, 0) is 4.79 Å². The first kappa shape index (κ1) is 17.6. The Labute approximate surface area is 139 Å². The van der Waals surface area contributed by atoms with Crippen LogP contribution in [0.2, 0.25) is 0 Å². The minimum Gasteiger partial charge on any atom is -0.434 e. The Morgan fingerprint density at radius 1 is 1.12 bits per heavy atom. The average molecular weight is 332 g/mol. The monoisotopic (exact) mass is 332 g/mol. The molecule has 0 spiro atoms. The summed E-state index contributed by atoms with van der Waals surface area (Å²) in [6.45, 7) is -1.06. The second kappa shape index (κ2) is 8.76. The number of carbonyl (C=O) groups excluding carboxylic acids is 1. The molecule has 2 aromatic rings. The van der Waals surface area contributed by atoms with Gasteiger partial charge < -0.3 is 4.74 Å². The number of halogens is 2. The van der Waals surface area contributed by atoms with Crippen LogP contribution in [0.1, 0.15) is 30.9 Å². The zero-order valence-electron chi connectivity index (χ0n) is 13.2. The van der Waals surface area contributed by atoms with Crippen molar-refractivity contribution in [1.29, 1.82) is 0 Å². The van der Waals surface area contributed by atoms with Crippen LogP contribution in [0.3, 0.4) is 0 Å². The van der Waals surface area contributed by atoms with Crippen LogP contribution in [0, 0.1) is 0 Å². The third-order valence-corrected chi connectivity index (χ3v) is 3.17. The molecule has 126 valence electrons. The molecule has 0 radical (unpaired) electrons. The van der Waals surface area contributed by atoms with Gasteiger partial charge in [0.15, 0.2) is 0 Å². The maximum absolute atomic E-state index is 12.6. The van der Waals surface area contributed by atoms with Crippen molar-refractivity contribution in [3.63, 3.8) is 0 Å². The summed E-state index contributed by atoms with van der Waals surface area (Å²) in [5.41, 5.74) is 3.88. The largest absolute Gasteiger partial charge is 0.434 e. The highest BCUT2D eigenvalue weighted by Gasteiger charge is 2.16. The van der Waals surface area contributed by atoms with Gasteiger partial charge in [-0.15, -0.1) is 0 Å². The molecule has 0 atom stereocenters. The molecular formula is C18H18F2N2O2. The summed E-state index contributed by atoms with van der Waals surface area (Å²) < 4.78 is 29.9. The summed E-state index contributed by atoms with van der Waals surface area (Å²) in [5.74, 6) is -0.238. The van der Waals surface area contributed by atoms with Crippen LogP contribution < -0.4 is 10.2 Å². The van der Waals surface area contributed by atoms with E-state index in [1.54, 1.807) is 42.5 Å². The topological polar surface area (TPSA) is 50.7 Å². The summed E-state index contributed by atoms with van der Waals surface area (Å²) >= 11 is 0. The van der Waals surface area contributed by atoms with Gasteiger partial charge in [0.1, 0.15) is 11.5 Å². The molecule has 0 saturated carbocycles. The number of nitrogens with zero attached hydrogens (tertiary/aromatic N) is 1. The third-order valence-electron chi connectivity index (χ3n) is 3.17. The number of amides is 1. The van der Waals surface area contributed by atoms with Gasteiger partial charge in [0, 0.05) is 17.5 Å². The zero-order chi connectivity index (χ0) is 17.4. The van der Waals surface area contributed by atoms with Crippen molar-refractivity contribution in [2.45, 2.75) is 26.4 Å². The van der Waals surface area contributed by atoms with Crippen molar-refractivity contribution < 1.29 is 18.3 Å². The van der Waals surface area contributed by atoms with Crippen molar-refractivity contribution in [2.75, 3.05) is 0 Å². The molecule has 24 heavy (non-hydrogen) atoms. The lowest BCUT2D eigenvalue weighted by Crippen LogP contribution is -2.20. The summed E-state index contributed by atoms with van der Waals surface area (Å²) in [6.07, 6.45) is 1.02. The van der Waals surface area contributed by atoms with E-state index in [0.29, 0.717) is 29.7 Å². The highest BCUT2D eigenvalue weighted by molar-refractivity contribution is 6.14. The fraction of sp³-hybridized carbons (Fsp3) is 0.222. The van der Waals surface area contributed by atoms with Gasteiger partial charge in [0.2, 0.25) is 5.91 Å². The van der Waals surface area contributed by atoms with E-state index in [4.69, 9.17) is 0 Å². The number of alkyl halides is 2. The average Bonchev–Trinajstić information content (AvgIpc) is 2.57.